The van der Waals surface area contributed by atoms with Crippen LogP contribution in [0.3, 0.4) is 0 Å². The lowest BCUT2D eigenvalue weighted by molar-refractivity contribution is 0.0977. The van der Waals surface area contributed by atoms with Gasteiger partial charge in [0.2, 0.25) is 0 Å². The summed E-state index contributed by atoms with van der Waals surface area (Å²) in [5, 5.41) is 0. The summed E-state index contributed by atoms with van der Waals surface area (Å²) >= 11 is 0. The third-order valence-electron chi connectivity index (χ3n) is 5.09. The van der Waals surface area contributed by atoms with Gasteiger partial charge in [0.1, 0.15) is 11.6 Å². The molecule has 3 rings (SSSR count). The number of ketones is 1. The number of methoxy groups -OCH3 is 1. The Morgan fingerprint density at radius 2 is 1.70 bits per heavy atom. The summed E-state index contributed by atoms with van der Waals surface area (Å²) in [4.78, 5) is 16.9. The lowest BCUT2D eigenvalue weighted by atomic mass is 10.1. The van der Waals surface area contributed by atoms with Crippen molar-refractivity contribution in [3.63, 3.8) is 0 Å². The SMILES string of the molecule is COc1ccccc1N1CCN(CCCCC(=O)c2ccc(F)cc2)CC1. The molecule has 0 spiro atoms. The van der Waals surface area contributed by atoms with Crippen molar-refractivity contribution in [2.24, 2.45) is 0 Å². The number of hydrogen-bond donors (Lipinski definition) is 0. The van der Waals surface area contributed by atoms with Gasteiger partial charge in [0.05, 0.1) is 12.8 Å². The van der Waals surface area contributed by atoms with E-state index in [0.717, 1.165) is 57.0 Å². The Hall–Kier alpha value is -2.40. The summed E-state index contributed by atoms with van der Waals surface area (Å²) < 4.78 is 18.4. The molecule has 2 aromatic carbocycles. The Balaban J connectivity index is 1.37. The van der Waals surface area contributed by atoms with Gasteiger partial charge in [0, 0.05) is 38.2 Å². The van der Waals surface area contributed by atoms with Gasteiger partial charge in [-0.05, 0) is 55.8 Å². The van der Waals surface area contributed by atoms with Gasteiger partial charge in [-0.1, -0.05) is 12.1 Å². The highest BCUT2D eigenvalue weighted by Gasteiger charge is 2.19. The van der Waals surface area contributed by atoms with E-state index in [9.17, 15) is 9.18 Å². The fourth-order valence-electron chi connectivity index (χ4n) is 3.50. The maximum atomic E-state index is 12.9. The highest BCUT2D eigenvalue weighted by Crippen LogP contribution is 2.28. The second-order valence-corrected chi connectivity index (χ2v) is 6.89. The van der Waals surface area contributed by atoms with E-state index >= 15 is 0 Å². The number of anilines is 1. The highest BCUT2D eigenvalue weighted by atomic mass is 19.1. The number of unbranched alkanes of at least 4 members (excludes halogenated alkanes) is 1. The topological polar surface area (TPSA) is 32.8 Å². The third kappa shape index (κ3) is 5.30. The molecule has 144 valence electrons. The van der Waals surface area contributed by atoms with Crippen LogP contribution >= 0.6 is 0 Å². The number of carbonyl (C=O) groups excluding carboxylic acids is 1. The van der Waals surface area contributed by atoms with Crippen LogP contribution in [0.25, 0.3) is 0 Å². The number of carbonyl (C=O) groups is 1. The number of para-hydroxylation sites is 2. The number of hydrogen-bond acceptors (Lipinski definition) is 4. The van der Waals surface area contributed by atoms with Crippen LogP contribution in [0.4, 0.5) is 10.1 Å². The molecule has 0 atom stereocenters. The molecular weight excluding hydrogens is 343 g/mol. The molecule has 1 saturated heterocycles. The minimum Gasteiger partial charge on any atom is -0.495 e. The monoisotopic (exact) mass is 370 g/mol. The molecule has 0 amide bonds. The molecule has 1 heterocycles. The van der Waals surface area contributed by atoms with Crippen molar-refractivity contribution in [3.8, 4) is 5.75 Å². The quantitative estimate of drug-likeness (QED) is 0.519. The van der Waals surface area contributed by atoms with Gasteiger partial charge < -0.3 is 9.64 Å². The molecule has 2 aromatic rings. The Morgan fingerprint density at radius 1 is 1.00 bits per heavy atom. The van der Waals surface area contributed by atoms with E-state index in [1.807, 2.05) is 18.2 Å². The summed E-state index contributed by atoms with van der Waals surface area (Å²) in [6.07, 6.45) is 2.39. The van der Waals surface area contributed by atoms with E-state index < -0.39 is 0 Å². The van der Waals surface area contributed by atoms with Crippen molar-refractivity contribution < 1.29 is 13.9 Å². The number of halogens is 1. The highest BCUT2D eigenvalue weighted by molar-refractivity contribution is 5.95. The maximum Gasteiger partial charge on any atom is 0.162 e. The predicted molar refractivity (Wildman–Crippen MR) is 106 cm³/mol. The molecule has 0 bridgehead atoms. The molecule has 1 fully saturated rings. The van der Waals surface area contributed by atoms with E-state index in [4.69, 9.17) is 4.74 Å². The van der Waals surface area contributed by atoms with Crippen LogP contribution in [0.2, 0.25) is 0 Å². The fraction of sp³-hybridized carbons (Fsp3) is 0.409. The first-order chi connectivity index (χ1) is 13.2. The maximum absolute atomic E-state index is 12.9. The molecule has 0 saturated carbocycles. The molecule has 0 radical (unpaired) electrons. The largest absolute Gasteiger partial charge is 0.495 e. The first-order valence-corrected chi connectivity index (χ1v) is 9.56. The number of rotatable bonds is 8. The summed E-state index contributed by atoms with van der Waals surface area (Å²) in [7, 11) is 1.71. The molecule has 1 aliphatic heterocycles. The molecule has 0 aromatic heterocycles. The van der Waals surface area contributed by atoms with Crippen LogP contribution in [0.15, 0.2) is 48.5 Å². The zero-order valence-electron chi connectivity index (χ0n) is 15.9. The van der Waals surface area contributed by atoms with Crippen LogP contribution in [-0.2, 0) is 0 Å². The van der Waals surface area contributed by atoms with E-state index in [2.05, 4.69) is 15.9 Å². The minimum absolute atomic E-state index is 0.0935. The van der Waals surface area contributed by atoms with Crippen molar-refractivity contribution >= 4 is 11.5 Å². The number of benzene rings is 2. The molecule has 0 N–H and O–H groups in total. The lowest BCUT2D eigenvalue weighted by Gasteiger charge is -2.36. The van der Waals surface area contributed by atoms with Crippen LogP contribution in [0.5, 0.6) is 5.75 Å². The molecule has 1 aliphatic rings. The second kappa shape index (κ2) is 9.51. The Labute approximate surface area is 160 Å². The standard InChI is InChI=1S/C22H27FN2O2/c1-27-22-8-3-2-6-20(22)25-16-14-24(15-17-25)13-5-4-7-21(26)18-9-11-19(23)12-10-18/h2-3,6,8-12H,4-5,7,13-17H2,1H3. The summed E-state index contributed by atoms with van der Waals surface area (Å²) in [6, 6.07) is 14.0. The van der Waals surface area contributed by atoms with E-state index in [0.29, 0.717) is 12.0 Å². The van der Waals surface area contributed by atoms with Gasteiger partial charge >= 0.3 is 0 Å². The fourth-order valence-corrected chi connectivity index (χ4v) is 3.50. The minimum atomic E-state index is -0.307. The van der Waals surface area contributed by atoms with Crippen molar-refractivity contribution in [1.82, 2.24) is 4.90 Å². The van der Waals surface area contributed by atoms with Crippen molar-refractivity contribution in [3.05, 3.63) is 59.9 Å². The van der Waals surface area contributed by atoms with E-state index in [1.54, 1.807) is 19.2 Å². The molecular formula is C22H27FN2O2. The van der Waals surface area contributed by atoms with Gasteiger partial charge in [-0.2, -0.15) is 0 Å². The van der Waals surface area contributed by atoms with Gasteiger partial charge in [0.15, 0.2) is 5.78 Å². The van der Waals surface area contributed by atoms with E-state index in [-0.39, 0.29) is 11.6 Å². The molecule has 5 heteroatoms. The van der Waals surface area contributed by atoms with Crippen LogP contribution in [0.1, 0.15) is 29.6 Å². The Kier molecular flexibility index (Phi) is 6.82. The summed E-state index contributed by atoms with van der Waals surface area (Å²) in [5.74, 6) is 0.708. The van der Waals surface area contributed by atoms with Crippen LogP contribution in [0, 0.1) is 5.82 Å². The molecule has 0 unspecified atom stereocenters. The van der Waals surface area contributed by atoms with Crippen LogP contribution in [-0.4, -0.2) is 50.5 Å². The van der Waals surface area contributed by atoms with Gasteiger partial charge in [-0.3, -0.25) is 9.69 Å². The summed E-state index contributed by atoms with van der Waals surface area (Å²) in [6.45, 7) is 5.01. The number of Topliss-reactive ketones (excluding diaryl/α,β-unsaturated/α-hetero) is 1. The number of ether oxygens (including phenoxy) is 1. The molecule has 27 heavy (non-hydrogen) atoms. The van der Waals surface area contributed by atoms with Gasteiger partial charge in [0.25, 0.3) is 0 Å². The van der Waals surface area contributed by atoms with E-state index in [1.165, 1.54) is 12.1 Å². The summed E-state index contributed by atoms with van der Waals surface area (Å²) in [5.41, 5.74) is 1.76. The molecule has 4 nitrogen and oxygen atoms in total. The van der Waals surface area contributed by atoms with Crippen LogP contribution < -0.4 is 9.64 Å². The second-order valence-electron chi connectivity index (χ2n) is 6.89. The normalized spacial score (nSPS) is 15.0. The average Bonchev–Trinajstić information content (AvgIpc) is 2.72. The number of nitrogens with zero attached hydrogens (tertiary/aromatic N) is 2. The van der Waals surface area contributed by atoms with Crippen molar-refractivity contribution in [2.45, 2.75) is 19.3 Å². The smallest absolute Gasteiger partial charge is 0.162 e. The Bertz CT molecular complexity index is 740. The van der Waals surface area contributed by atoms with Gasteiger partial charge in [-0.25, -0.2) is 4.39 Å². The first-order valence-electron chi connectivity index (χ1n) is 9.56. The number of piperazine rings is 1. The predicted octanol–water partition coefficient (Wildman–Crippen LogP) is 4.01. The van der Waals surface area contributed by atoms with Crippen molar-refractivity contribution in [1.29, 1.82) is 0 Å². The third-order valence-corrected chi connectivity index (χ3v) is 5.09. The Morgan fingerprint density at radius 3 is 2.41 bits per heavy atom. The average molecular weight is 370 g/mol. The lowest BCUT2D eigenvalue weighted by Crippen LogP contribution is -2.46. The first kappa shape index (κ1) is 19.4. The zero-order valence-corrected chi connectivity index (χ0v) is 15.9. The van der Waals surface area contributed by atoms with Crippen molar-refractivity contribution in [2.75, 3.05) is 44.7 Å². The zero-order chi connectivity index (χ0) is 19.1. The molecule has 0 aliphatic carbocycles. The van der Waals surface area contributed by atoms with Gasteiger partial charge in [-0.15, -0.1) is 0 Å².